The fourth-order valence-corrected chi connectivity index (χ4v) is 1.48. The SMILES string of the molecule is CC(Cn1ccnc1)NC1=NCCN1. The van der Waals surface area contributed by atoms with Crippen molar-refractivity contribution in [2.45, 2.75) is 19.5 Å². The smallest absolute Gasteiger partial charge is 0.191 e. The second-order valence-electron chi connectivity index (χ2n) is 3.46. The predicted molar refractivity (Wildman–Crippen MR) is 55.1 cm³/mol. The molecule has 1 aliphatic heterocycles. The number of guanidine groups is 1. The predicted octanol–water partition coefficient (Wildman–Crippen LogP) is -0.180. The molecule has 0 aliphatic carbocycles. The highest BCUT2D eigenvalue weighted by atomic mass is 15.2. The number of imidazole rings is 1. The number of nitrogens with zero attached hydrogens (tertiary/aromatic N) is 3. The van der Waals surface area contributed by atoms with Gasteiger partial charge in [-0.1, -0.05) is 0 Å². The van der Waals surface area contributed by atoms with Crippen molar-refractivity contribution in [2.75, 3.05) is 13.1 Å². The number of hydrogen-bond donors (Lipinski definition) is 2. The van der Waals surface area contributed by atoms with E-state index in [4.69, 9.17) is 0 Å². The average Bonchev–Trinajstić information content (AvgIpc) is 2.76. The van der Waals surface area contributed by atoms with Gasteiger partial charge in [0.1, 0.15) is 0 Å². The van der Waals surface area contributed by atoms with Crippen LogP contribution >= 0.6 is 0 Å². The average molecular weight is 193 g/mol. The Hall–Kier alpha value is -1.52. The van der Waals surface area contributed by atoms with Crippen LogP contribution in [0, 0.1) is 0 Å². The summed E-state index contributed by atoms with van der Waals surface area (Å²) in [6.07, 6.45) is 5.57. The number of nitrogens with one attached hydrogen (secondary N) is 2. The largest absolute Gasteiger partial charge is 0.355 e. The molecular formula is C9H15N5. The van der Waals surface area contributed by atoms with Crippen LogP contribution in [0.3, 0.4) is 0 Å². The van der Waals surface area contributed by atoms with E-state index in [2.05, 4.69) is 27.5 Å². The minimum absolute atomic E-state index is 0.355. The number of hydrogen-bond acceptors (Lipinski definition) is 4. The van der Waals surface area contributed by atoms with E-state index in [0.717, 1.165) is 25.6 Å². The Bertz CT molecular complexity index is 303. The molecule has 1 atom stereocenters. The standard InChI is InChI=1S/C9H15N5/c1-8(6-14-5-4-10-7-14)13-9-11-2-3-12-9/h4-5,7-8H,2-3,6H2,1H3,(H2,11,12,13). The Balaban J connectivity index is 1.81. The quantitative estimate of drug-likeness (QED) is 0.700. The molecule has 5 heteroatoms. The first kappa shape index (κ1) is 9.05. The Morgan fingerprint density at radius 1 is 1.71 bits per heavy atom. The van der Waals surface area contributed by atoms with Crippen molar-refractivity contribution in [3.63, 3.8) is 0 Å². The molecule has 0 fully saturated rings. The third-order valence-electron chi connectivity index (χ3n) is 2.10. The van der Waals surface area contributed by atoms with Crippen molar-refractivity contribution in [1.29, 1.82) is 0 Å². The summed E-state index contributed by atoms with van der Waals surface area (Å²) in [7, 11) is 0. The van der Waals surface area contributed by atoms with Gasteiger partial charge >= 0.3 is 0 Å². The van der Waals surface area contributed by atoms with E-state index in [1.807, 2.05) is 17.1 Å². The summed E-state index contributed by atoms with van der Waals surface area (Å²) in [6, 6.07) is 0.355. The van der Waals surface area contributed by atoms with Crippen LogP contribution in [0.2, 0.25) is 0 Å². The van der Waals surface area contributed by atoms with Crippen LogP contribution < -0.4 is 10.6 Å². The molecule has 0 amide bonds. The van der Waals surface area contributed by atoms with Crippen LogP contribution in [0.1, 0.15) is 6.92 Å². The van der Waals surface area contributed by atoms with E-state index in [-0.39, 0.29) is 0 Å². The van der Waals surface area contributed by atoms with Gasteiger partial charge in [-0.2, -0.15) is 0 Å². The second-order valence-corrected chi connectivity index (χ2v) is 3.46. The Morgan fingerprint density at radius 2 is 2.64 bits per heavy atom. The summed E-state index contributed by atoms with van der Waals surface area (Å²) < 4.78 is 2.05. The lowest BCUT2D eigenvalue weighted by atomic mass is 10.3. The highest BCUT2D eigenvalue weighted by Crippen LogP contribution is 1.92. The molecule has 2 N–H and O–H groups in total. The van der Waals surface area contributed by atoms with E-state index in [1.165, 1.54) is 0 Å². The summed E-state index contributed by atoms with van der Waals surface area (Å²) >= 11 is 0. The molecule has 0 saturated carbocycles. The molecule has 5 nitrogen and oxygen atoms in total. The Kier molecular flexibility index (Phi) is 2.67. The molecule has 2 rings (SSSR count). The van der Waals surface area contributed by atoms with Crippen LogP contribution in [0.25, 0.3) is 0 Å². The second kappa shape index (κ2) is 4.13. The molecule has 0 saturated heterocycles. The third kappa shape index (κ3) is 2.25. The minimum Gasteiger partial charge on any atom is -0.355 e. The van der Waals surface area contributed by atoms with Gasteiger partial charge in [-0.3, -0.25) is 4.99 Å². The lowest BCUT2D eigenvalue weighted by Gasteiger charge is -2.15. The lowest BCUT2D eigenvalue weighted by Crippen LogP contribution is -2.41. The van der Waals surface area contributed by atoms with Gasteiger partial charge in [0.2, 0.25) is 0 Å². The number of aromatic nitrogens is 2. The number of aliphatic imine (C=N–C) groups is 1. The zero-order valence-corrected chi connectivity index (χ0v) is 8.27. The first-order valence-corrected chi connectivity index (χ1v) is 4.85. The summed E-state index contributed by atoms with van der Waals surface area (Å²) in [4.78, 5) is 8.27. The van der Waals surface area contributed by atoms with Crippen molar-refractivity contribution in [1.82, 2.24) is 20.2 Å². The molecule has 2 heterocycles. The third-order valence-corrected chi connectivity index (χ3v) is 2.10. The maximum Gasteiger partial charge on any atom is 0.191 e. The van der Waals surface area contributed by atoms with Crippen LogP contribution in [0.15, 0.2) is 23.7 Å². The molecule has 0 radical (unpaired) electrons. The monoisotopic (exact) mass is 193 g/mol. The van der Waals surface area contributed by atoms with Gasteiger partial charge in [0.15, 0.2) is 5.96 Å². The summed E-state index contributed by atoms with van der Waals surface area (Å²) in [5.41, 5.74) is 0. The molecule has 1 unspecified atom stereocenters. The van der Waals surface area contributed by atoms with Gasteiger partial charge in [-0.05, 0) is 6.92 Å². The molecule has 76 valence electrons. The van der Waals surface area contributed by atoms with Crippen molar-refractivity contribution in [3.8, 4) is 0 Å². The summed E-state index contributed by atoms with van der Waals surface area (Å²) in [6.45, 7) is 4.85. The van der Waals surface area contributed by atoms with Gasteiger partial charge in [0, 0.05) is 31.5 Å². The van der Waals surface area contributed by atoms with Gasteiger partial charge in [-0.25, -0.2) is 4.98 Å². The Morgan fingerprint density at radius 3 is 3.29 bits per heavy atom. The highest BCUT2D eigenvalue weighted by molar-refractivity contribution is 5.81. The molecule has 1 aromatic heterocycles. The van der Waals surface area contributed by atoms with Gasteiger partial charge < -0.3 is 15.2 Å². The van der Waals surface area contributed by atoms with E-state index in [0.29, 0.717) is 6.04 Å². The molecule has 0 aromatic carbocycles. The van der Waals surface area contributed by atoms with Crippen molar-refractivity contribution >= 4 is 5.96 Å². The van der Waals surface area contributed by atoms with Crippen LogP contribution in [-0.4, -0.2) is 34.6 Å². The fourth-order valence-electron chi connectivity index (χ4n) is 1.48. The summed E-state index contributed by atoms with van der Waals surface area (Å²) in [5, 5.41) is 6.49. The van der Waals surface area contributed by atoms with Gasteiger partial charge in [0.05, 0.1) is 12.9 Å². The molecule has 14 heavy (non-hydrogen) atoms. The topological polar surface area (TPSA) is 54.2 Å². The van der Waals surface area contributed by atoms with Crippen LogP contribution in [0.5, 0.6) is 0 Å². The molecule has 0 bridgehead atoms. The van der Waals surface area contributed by atoms with Gasteiger partial charge in [0.25, 0.3) is 0 Å². The lowest BCUT2D eigenvalue weighted by molar-refractivity contribution is 0.541. The summed E-state index contributed by atoms with van der Waals surface area (Å²) in [5.74, 6) is 0.914. The van der Waals surface area contributed by atoms with Crippen molar-refractivity contribution in [2.24, 2.45) is 4.99 Å². The molecule has 1 aliphatic rings. The molecule has 0 spiro atoms. The maximum atomic E-state index is 4.27. The highest BCUT2D eigenvalue weighted by Gasteiger charge is 2.08. The fraction of sp³-hybridized carbons (Fsp3) is 0.556. The van der Waals surface area contributed by atoms with E-state index >= 15 is 0 Å². The van der Waals surface area contributed by atoms with Crippen LogP contribution in [-0.2, 0) is 6.54 Å². The molecule has 1 aromatic rings. The first-order valence-electron chi connectivity index (χ1n) is 4.85. The normalized spacial score (nSPS) is 17.4. The minimum atomic E-state index is 0.355. The maximum absolute atomic E-state index is 4.27. The van der Waals surface area contributed by atoms with E-state index < -0.39 is 0 Å². The number of rotatable bonds is 3. The van der Waals surface area contributed by atoms with Crippen molar-refractivity contribution < 1.29 is 0 Å². The zero-order chi connectivity index (χ0) is 9.80. The van der Waals surface area contributed by atoms with Gasteiger partial charge in [-0.15, -0.1) is 0 Å². The first-order chi connectivity index (χ1) is 6.84. The van der Waals surface area contributed by atoms with E-state index in [9.17, 15) is 0 Å². The van der Waals surface area contributed by atoms with Crippen LogP contribution in [0.4, 0.5) is 0 Å². The molecular weight excluding hydrogens is 178 g/mol. The van der Waals surface area contributed by atoms with Crippen molar-refractivity contribution in [3.05, 3.63) is 18.7 Å². The zero-order valence-electron chi connectivity index (χ0n) is 8.27. The Labute approximate surface area is 83.2 Å². The van der Waals surface area contributed by atoms with E-state index in [1.54, 1.807) is 6.20 Å².